The summed E-state index contributed by atoms with van der Waals surface area (Å²) in [5.74, 6) is -0.617. The summed E-state index contributed by atoms with van der Waals surface area (Å²) < 4.78 is 0. The molecule has 1 aliphatic heterocycles. The van der Waals surface area contributed by atoms with E-state index in [1.165, 1.54) is 6.21 Å². The highest BCUT2D eigenvalue weighted by molar-refractivity contribution is 6.31. The van der Waals surface area contributed by atoms with Crippen LogP contribution in [0.4, 0.5) is 11.4 Å². The summed E-state index contributed by atoms with van der Waals surface area (Å²) in [6.07, 6.45) is 1.19. The van der Waals surface area contributed by atoms with Gasteiger partial charge in [0, 0.05) is 11.2 Å². The minimum Gasteiger partial charge on any atom is -0.312 e. The molecule has 1 atom stereocenters. The first-order chi connectivity index (χ1) is 9.22. The Balaban J connectivity index is 2.17. The lowest BCUT2D eigenvalue weighted by atomic mass is 10.0. The van der Waals surface area contributed by atoms with Crippen molar-refractivity contribution >= 4 is 35.1 Å². The quantitative estimate of drug-likeness (QED) is 0.830. The fraction of sp³-hybridized carbons (Fsp3) is 0.0667. The van der Waals surface area contributed by atoms with Crippen LogP contribution in [0.2, 0.25) is 5.02 Å². The second-order valence-electron chi connectivity index (χ2n) is 4.36. The summed E-state index contributed by atoms with van der Waals surface area (Å²) in [4.78, 5) is 14.1. The molecule has 2 aromatic rings. The van der Waals surface area contributed by atoms with Crippen LogP contribution in [0.5, 0.6) is 0 Å². The van der Waals surface area contributed by atoms with E-state index in [0.717, 1.165) is 16.9 Å². The van der Waals surface area contributed by atoms with E-state index in [2.05, 4.69) is 0 Å². The Morgan fingerprint density at radius 2 is 1.95 bits per heavy atom. The number of hydrogen-bond donors (Lipinski definition) is 1. The van der Waals surface area contributed by atoms with Crippen LogP contribution < -0.4 is 4.90 Å². The molecule has 1 amide bonds. The molecule has 1 N–H and O–H groups in total. The lowest BCUT2D eigenvalue weighted by molar-refractivity contribution is -0.117. The molecule has 3 nitrogen and oxygen atoms in total. The molecular weight excluding hydrogens is 260 g/mol. The molecule has 0 fully saturated rings. The molecule has 0 bridgehead atoms. The number of amides is 1. The average molecular weight is 271 g/mol. The second kappa shape index (κ2) is 4.52. The van der Waals surface area contributed by atoms with E-state index in [-0.39, 0.29) is 5.91 Å². The lowest BCUT2D eigenvalue weighted by Gasteiger charge is -2.17. The molecule has 0 spiro atoms. The van der Waals surface area contributed by atoms with Crippen molar-refractivity contribution in [3.05, 3.63) is 59.1 Å². The minimum atomic E-state index is -0.504. The zero-order chi connectivity index (χ0) is 13.4. The van der Waals surface area contributed by atoms with Gasteiger partial charge < -0.3 is 5.41 Å². The number of hydrogen-bond acceptors (Lipinski definition) is 2. The second-order valence-corrected chi connectivity index (χ2v) is 4.79. The number of nitrogens with zero attached hydrogens (tertiary/aromatic N) is 1. The third-order valence-corrected chi connectivity index (χ3v) is 3.47. The molecule has 0 saturated carbocycles. The molecule has 0 aromatic heterocycles. The van der Waals surface area contributed by atoms with Gasteiger partial charge >= 0.3 is 0 Å². The SMILES string of the molecule is N=CC1C(=O)N(c2cccc(Cl)c2)c2ccccc21. The summed E-state index contributed by atoms with van der Waals surface area (Å²) in [5.41, 5.74) is 2.42. The Hall–Kier alpha value is -2.13. The average Bonchev–Trinajstić information content (AvgIpc) is 2.70. The van der Waals surface area contributed by atoms with Gasteiger partial charge in [-0.2, -0.15) is 0 Å². The van der Waals surface area contributed by atoms with Crippen LogP contribution in [-0.2, 0) is 4.79 Å². The van der Waals surface area contributed by atoms with Crippen LogP contribution >= 0.6 is 11.6 Å². The standard InChI is InChI=1S/C15H11ClN2O/c16-10-4-3-5-11(8-10)18-14-7-2-1-6-12(14)13(9-17)15(18)19/h1-9,13,17H. The molecule has 1 aliphatic rings. The van der Waals surface area contributed by atoms with E-state index in [1.807, 2.05) is 36.4 Å². The van der Waals surface area contributed by atoms with Crippen molar-refractivity contribution in [2.45, 2.75) is 5.92 Å². The molecule has 1 heterocycles. The van der Waals surface area contributed by atoms with E-state index in [9.17, 15) is 4.79 Å². The Bertz CT molecular complexity index is 669. The van der Waals surface area contributed by atoms with Gasteiger partial charge in [0.1, 0.15) is 5.92 Å². The van der Waals surface area contributed by atoms with Crippen LogP contribution in [0, 0.1) is 5.41 Å². The van der Waals surface area contributed by atoms with Gasteiger partial charge in [0.2, 0.25) is 5.91 Å². The molecule has 19 heavy (non-hydrogen) atoms. The first-order valence-electron chi connectivity index (χ1n) is 5.91. The normalized spacial score (nSPS) is 17.4. The van der Waals surface area contributed by atoms with E-state index in [0.29, 0.717) is 5.02 Å². The number of rotatable bonds is 2. The van der Waals surface area contributed by atoms with Gasteiger partial charge in [-0.1, -0.05) is 35.9 Å². The highest BCUT2D eigenvalue weighted by Crippen LogP contribution is 2.41. The minimum absolute atomic E-state index is 0.113. The smallest absolute Gasteiger partial charge is 0.244 e. The number of carbonyl (C=O) groups is 1. The van der Waals surface area contributed by atoms with Gasteiger partial charge in [-0.3, -0.25) is 9.69 Å². The number of carbonyl (C=O) groups excluding carboxylic acids is 1. The Kier molecular flexibility index (Phi) is 2.84. The molecule has 94 valence electrons. The largest absolute Gasteiger partial charge is 0.312 e. The van der Waals surface area contributed by atoms with Gasteiger partial charge in [0.05, 0.1) is 11.4 Å². The number of halogens is 1. The third kappa shape index (κ3) is 1.83. The van der Waals surface area contributed by atoms with Gasteiger partial charge in [0.15, 0.2) is 0 Å². The number of benzene rings is 2. The fourth-order valence-corrected chi connectivity index (χ4v) is 2.57. The molecule has 2 aromatic carbocycles. The van der Waals surface area contributed by atoms with E-state index in [4.69, 9.17) is 17.0 Å². The topological polar surface area (TPSA) is 44.2 Å². The van der Waals surface area contributed by atoms with Crippen LogP contribution in [0.3, 0.4) is 0 Å². The van der Waals surface area contributed by atoms with Crippen LogP contribution in [0.1, 0.15) is 11.5 Å². The van der Waals surface area contributed by atoms with Crippen LogP contribution in [0.25, 0.3) is 0 Å². The Morgan fingerprint density at radius 3 is 2.68 bits per heavy atom. The highest BCUT2D eigenvalue weighted by atomic mass is 35.5. The van der Waals surface area contributed by atoms with E-state index in [1.54, 1.807) is 17.0 Å². The van der Waals surface area contributed by atoms with Crippen molar-refractivity contribution < 1.29 is 4.79 Å². The zero-order valence-electron chi connectivity index (χ0n) is 10.0. The predicted octanol–water partition coefficient (Wildman–Crippen LogP) is 3.75. The number of fused-ring (bicyclic) bond motifs is 1. The first-order valence-corrected chi connectivity index (χ1v) is 6.29. The monoisotopic (exact) mass is 270 g/mol. The molecular formula is C15H11ClN2O. The first kappa shape index (κ1) is 11.9. The van der Waals surface area contributed by atoms with Crippen molar-refractivity contribution in [1.82, 2.24) is 0 Å². The van der Waals surface area contributed by atoms with Gasteiger partial charge in [-0.25, -0.2) is 0 Å². The predicted molar refractivity (Wildman–Crippen MR) is 76.6 cm³/mol. The van der Waals surface area contributed by atoms with Crippen LogP contribution in [-0.4, -0.2) is 12.1 Å². The van der Waals surface area contributed by atoms with E-state index >= 15 is 0 Å². The Morgan fingerprint density at radius 1 is 1.16 bits per heavy atom. The molecule has 1 unspecified atom stereocenters. The van der Waals surface area contributed by atoms with Crippen molar-refractivity contribution in [1.29, 1.82) is 5.41 Å². The maximum atomic E-state index is 12.4. The maximum absolute atomic E-state index is 12.4. The fourth-order valence-electron chi connectivity index (χ4n) is 2.39. The van der Waals surface area contributed by atoms with Crippen molar-refractivity contribution in [2.75, 3.05) is 4.90 Å². The van der Waals surface area contributed by atoms with Crippen LogP contribution in [0.15, 0.2) is 48.5 Å². The summed E-state index contributed by atoms with van der Waals surface area (Å²) >= 11 is 5.99. The summed E-state index contributed by atoms with van der Waals surface area (Å²) in [6.45, 7) is 0. The van der Waals surface area contributed by atoms with Gasteiger partial charge in [-0.05, 0) is 29.8 Å². The van der Waals surface area contributed by atoms with Gasteiger partial charge in [-0.15, -0.1) is 0 Å². The number of nitrogens with one attached hydrogen (secondary N) is 1. The Labute approximate surface area is 115 Å². The van der Waals surface area contributed by atoms with Crippen molar-refractivity contribution in [2.24, 2.45) is 0 Å². The molecule has 3 rings (SSSR count). The number of para-hydroxylation sites is 1. The van der Waals surface area contributed by atoms with Crippen molar-refractivity contribution in [3.8, 4) is 0 Å². The lowest BCUT2D eigenvalue weighted by Crippen LogP contribution is -2.24. The highest BCUT2D eigenvalue weighted by Gasteiger charge is 2.36. The number of anilines is 2. The molecule has 0 aliphatic carbocycles. The molecule has 0 radical (unpaired) electrons. The molecule has 0 saturated heterocycles. The summed E-state index contributed by atoms with van der Waals surface area (Å²) in [5, 5.41) is 8.04. The third-order valence-electron chi connectivity index (χ3n) is 3.23. The van der Waals surface area contributed by atoms with Crippen molar-refractivity contribution in [3.63, 3.8) is 0 Å². The maximum Gasteiger partial charge on any atom is 0.244 e. The zero-order valence-corrected chi connectivity index (χ0v) is 10.8. The summed E-state index contributed by atoms with van der Waals surface area (Å²) in [7, 11) is 0. The van der Waals surface area contributed by atoms with E-state index < -0.39 is 5.92 Å². The molecule has 4 heteroatoms. The van der Waals surface area contributed by atoms with Gasteiger partial charge in [0.25, 0.3) is 0 Å². The summed E-state index contributed by atoms with van der Waals surface area (Å²) in [6, 6.07) is 14.7.